The van der Waals surface area contributed by atoms with Crippen LogP contribution in [0.15, 0.2) is 42.5 Å². The van der Waals surface area contributed by atoms with Gasteiger partial charge in [0.05, 0.1) is 22.7 Å². The molecule has 4 rings (SSSR count). The number of rotatable bonds is 3. The van der Waals surface area contributed by atoms with Crippen LogP contribution in [0.4, 0.5) is 18.9 Å². The summed E-state index contributed by atoms with van der Waals surface area (Å²) < 4.78 is 39.5. The minimum atomic E-state index is -4.51. The molecule has 2 fully saturated rings. The molecule has 0 radical (unpaired) electrons. The first kappa shape index (κ1) is 23.2. The summed E-state index contributed by atoms with van der Waals surface area (Å²) in [5.41, 5.74) is 0.129. The number of likely N-dealkylation sites (tertiary alicyclic amines) is 1. The van der Waals surface area contributed by atoms with Crippen molar-refractivity contribution >= 4 is 34.8 Å². The highest BCUT2D eigenvalue weighted by atomic mass is 35.5. The molecule has 2 aromatic carbocycles. The third-order valence-electron chi connectivity index (χ3n) is 6.04. The number of amides is 1. The minimum absolute atomic E-state index is 0.164. The molecule has 0 bridgehead atoms. The normalized spacial score (nSPS) is 22.4. The molecule has 172 valence electrons. The number of piperazine rings is 1. The van der Waals surface area contributed by atoms with E-state index in [0.717, 1.165) is 6.07 Å². The van der Waals surface area contributed by atoms with Crippen molar-refractivity contribution in [2.45, 2.75) is 18.3 Å². The Morgan fingerprint density at radius 3 is 2.25 bits per heavy atom. The van der Waals surface area contributed by atoms with Crippen molar-refractivity contribution in [2.75, 3.05) is 44.2 Å². The molecular weight excluding hydrogens is 466 g/mol. The predicted molar refractivity (Wildman–Crippen MR) is 117 cm³/mol. The maximum atomic E-state index is 13.2. The fraction of sp³-hybridized carbons (Fsp3) is 0.409. The van der Waals surface area contributed by atoms with Crippen LogP contribution in [0, 0.1) is 0 Å². The molecule has 1 N–H and O–H groups in total. The Balaban J connectivity index is 1.38. The Morgan fingerprint density at radius 2 is 1.62 bits per heavy atom. The van der Waals surface area contributed by atoms with E-state index in [2.05, 4.69) is 4.90 Å². The van der Waals surface area contributed by atoms with E-state index < -0.39 is 17.8 Å². The lowest BCUT2D eigenvalue weighted by Gasteiger charge is -2.40. The number of β-amino-alcohol motifs (C(OH)–C–C–N with tert-alkyl or cyclic N) is 1. The van der Waals surface area contributed by atoms with E-state index in [4.69, 9.17) is 23.2 Å². The van der Waals surface area contributed by atoms with Gasteiger partial charge in [0.25, 0.3) is 5.91 Å². The second kappa shape index (κ2) is 9.09. The van der Waals surface area contributed by atoms with Gasteiger partial charge in [-0.1, -0.05) is 23.2 Å². The van der Waals surface area contributed by atoms with Gasteiger partial charge in [0, 0.05) is 55.5 Å². The number of nitrogens with zero attached hydrogens (tertiary/aromatic N) is 3. The zero-order chi connectivity index (χ0) is 23.0. The first-order chi connectivity index (χ1) is 15.1. The van der Waals surface area contributed by atoms with Crippen LogP contribution in [0.3, 0.4) is 0 Å². The number of carbonyl (C=O) groups is 1. The van der Waals surface area contributed by atoms with Crippen LogP contribution in [0.1, 0.15) is 15.9 Å². The average Bonchev–Trinajstić information content (AvgIpc) is 3.15. The van der Waals surface area contributed by atoms with Gasteiger partial charge < -0.3 is 14.9 Å². The summed E-state index contributed by atoms with van der Waals surface area (Å²) in [5.74, 6) is -0.164. The molecular formula is C22H22Cl2F3N3O2. The number of aliphatic hydroxyl groups is 1. The first-order valence-electron chi connectivity index (χ1n) is 10.2. The molecule has 2 heterocycles. The molecule has 2 atom stereocenters. The lowest BCUT2D eigenvalue weighted by molar-refractivity contribution is -0.137. The van der Waals surface area contributed by atoms with Gasteiger partial charge in [0.15, 0.2) is 0 Å². The summed E-state index contributed by atoms with van der Waals surface area (Å²) in [7, 11) is 0. The predicted octanol–water partition coefficient (Wildman–Crippen LogP) is 4.02. The van der Waals surface area contributed by atoms with Gasteiger partial charge >= 0.3 is 6.18 Å². The summed E-state index contributed by atoms with van der Waals surface area (Å²) in [4.78, 5) is 18.3. The summed E-state index contributed by atoms with van der Waals surface area (Å²) in [6.07, 6.45) is -5.20. The number of hydrogen-bond donors (Lipinski definition) is 1. The lowest BCUT2D eigenvalue weighted by atomic mass is 10.1. The summed E-state index contributed by atoms with van der Waals surface area (Å²) in [6.45, 7) is 2.77. The van der Waals surface area contributed by atoms with E-state index in [1.807, 2.05) is 4.90 Å². The first-order valence-corrected chi connectivity index (χ1v) is 11.0. The number of hydrogen-bond acceptors (Lipinski definition) is 4. The SMILES string of the molecule is O=C(c1ccc(Cl)cc1)N1CC(O)C(N2CCN(c3ccc(Cl)c(C(F)(F)F)c3)CC2)C1. The summed E-state index contributed by atoms with van der Waals surface area (Å²) in [5, 5.41) is 10.8. The van der Waals surface area contributed by atoms with E-state index in [0.29, 0.717) is 49.0 Å². The Labute approximate surface area is 193 Å². The van der Waals surface area contributed by atoms with E-state index in [-0.39, 0.29) is 23.5 Å². The zero-order valence-electron chi connectivity index (χ0n) is 17.0. The zero-order valence-corrected chi connectivity index (χ0v) is 18.5. The van der Waals surface area contributed by atoms with Crippen molar-refractivity contribution < 1.29 is 23.1 Å². The van der Waals surface area contributed by atoms with E-state index in [1.165, 1.54) is 6.07 Å². The quantitative estimate of drug-likeness (QED) is 0.710. The van der Waals surface area contributed by atoms with Crippen molar-refractivity contribution in [3.8, 4) is 0 Å². The van der Waals surface area contributed by atoms with Crippen LogP contribution in [0.5, 0.6) is 0 Å². The van der Waals surface area contributed by atoms with Gasteiger partial charge in [-0.25, -0.2) is 0 Å². The number of anilines is 1. The molecule has 2 aliphatic heterocycles. The van der Waals surface area contributed by atoms with Crippen LogP contribution in [0.2, 0.25) is 10.0 Å². The second-order valence-electron chi connectivity index (χ2n) is 8.04. The Hall–Kier alpha value is -2.00. The number of benzene rings is 2. The minimum Gasteiger partial charge on any atom is -0.390 e. The van der Waals surface area contributed by atoms with E-state index >= 15 is 0 Å². The van der Waals surface area contributed by atoms with Gasteiger partial charge in [-0.3, -0.25) is 9.69 Å². The number of halogens is 5. The maximum absolute atomic E-state index is 13.2. The molecule has 0 aliphatic carbocycles. The Bertz CT molecular complexity index is 979. The molecule has 2 unspecified atom stereocenters. The molecule has 0 aromatic heterocycles. The van der Waals surface area contributed by atoms with Crippen molar-refractivity contribution in [1.82, 2.24) is 9.80 Å². The van der Waals surface area contributed by atoms with Crippen LogP contribution in [-0.4, -0.2) is 72.2 Å². The molecule has 5 nitrogen and oxygen atoms in total. The highest BCUT2D eigenvalue weighted by molar-refractivity contribution is 6.31. The van der Waals surface area contributed by atoms with Crippen molar-refractivity contribution in [3.05, 3.63) is 63.6 Å². The third-order valence-corrected chi connectivity index (χ3v) is 6.62. The molecule has 32 heavy (non-hydrogen) atoms. The molecule has 1 amide bonds. The number of aliphatic hydroxyl groups excluding tert-OH is 1. The summed E-state index contributed by atoms with van der Waals surface area (Å²) >= 11 is 11.6. The van der Waals surface area contributed by atoms with Crippen molar-refractivity contribution in [1.29, 1.82) is 0 Å². The third kappa shape index (κ3) is 4.83. The monoisotopic (exact) mass is 487 g/mol. The van der Waals surface area contributed by atoms with Crippen LogP contribution < -0.4 is 4.90 Å². The highest BCUT2D eigenvalue weighted by Crippen LogP contribution is 2.37. The van der Waals surface area contributed by atoms with Crippen molar-refractivity contribution in [2.24, 2.45) is 0 Å². The van der Waals surface area contributed by atoms with Gasteiger partial charge in [-0.15, -0.1) is 0 Å². The van der Waals surface area contributed by atoms with Crippen LogP contribution in [0.25, 0.3) is 0 Å². The fourth-order valence-corrected chi connectivity index (χ4v) is 4.66. The van der Waals surface area contributed by atoms with Gasteiger partial charge in [0.2, 0.25) is 0 Å². The smallest absolute Gasteiger partial charge is 0.390 e. The molecule has 2 aromatic rings. The molecule has 0 saturated carbocycles. The largest absolute Gasteiger partial charge is 0.417 e. The second-order valence-corrected chi connectivity index (χ2v) is 8.88. The molecule has 10 heteroatoms. The van der Waals surface area contributed by atoms with Crippen molar-refractivity contribution in [3.63, 3.8) is 0 Å². The van der Waals surface area contributed by atoms with E-state index in [1.54, 1.807) is 35.2 Å². The average molecular weight is 488 g/mol. The highest BCUT2D eigenvalue weighted by Gasteiger charge is 2.39. The van der Waals surface area contributed by atoms with Gasteiger partial charge in [-0.2, -0.15) is 13.2 Å². The number of alkyl halides is 3. The number of carbonyl (C=O) groups excluding carboxylic acids is 1. The molecule has 2 aliphatic rings. The Kier molecular flexibility index (Phi) is 6.58. The van der Waals surface area contributed by atoms with Crippen LogP contribution >= 0.6 is 23.2 Å². The van der Waals surface area contributed by atoms with Gasteiger partial charge in [-0.05, 0) is 42.5 Å². The fourth-order valence-electron chi connectivity index (χ4n) is 4.31. The standard InChI is InChI=1S/C22H22Cl2F3N3O2/c23-15-3-1-14(2-4-15)21(32)30-12-19(20(31)13-30)29-9-7-28(8-10-29)16-5-6-18(24)17(11-16)22(25,26)27/h1-6,11,19-20,31H,7-10,12-13H2. The van der Waals surface area contributed by atoms with E-state index in [9.17, 15) is 23.1 Å². The molecule has 0 spiro atoms. The summed E-state index contributed by atoms with van der Waals surface area (Å²) in [6, 6.07) is 10.3. The topological polar surface area (TPSA) is 47.0 Å². The van der Waals surface area contributed by atoms with Gasteiger partial charge in [0.1, 0.15) is 0 Å². The molecule has 2 saturated heterocycles. The lowest BCUT2D eigenvalue weighted by Crippen LogP contribution is -2.53. The maximum Gasteiger partial charge on any atom is 0.417 e. The van der Waals surface area contributed by atoms with Crippen LogP contribution in [-0.2, 0) is 6.18 Å². The Morgan fingerprint density at radius 1 is 0.969 bits per heavy atom.